The number of anilines is 1. The van der Waals surface area contributed by atoms with Crippen LogP contribution in [0.3, 0.4) is 0 Å². The van der Waals surface area contributed by atoms with E-state index in [-0.39, 0.29) is 6.04 Å². The predicted molar refractivity (Wildman–Crippen MR) is 91.9 cm³/mol. The van der Waals surface area contributed by atoms with Crippen molar-refractivity contribution in [2.75, 3.05) is 12.4 Å². The smallest absolute Gasteiger partial charge is 0.171 e. The molecule has 2 aromatic rings. The van der Waals surface area contributed by atoms with Gasteiger partial charge < -0.3 is 15.4 Å². The average molecular weight is 300 g/mol. The Morgan fingerprint density at radius 3 is 2.52 bits per heavy atom. The number of thiocarbonyl (C=S) groups is 1. The lowest BCUT2D eigenvalue weighted by Gasteiger charge is -2.18. The van der Waals surface area contributed by atoms with E-state index >= 15 is 0 Å². The Balaban J connectivity index is 1.96. The van der Waals surface area contributed by atoms with Gasteiger partial charge in [0.15, 0.2) is 5.11 Å². The minimum atomic E-state index is 0.102. The molecule has 0 saturated heterocycles. The van der Waals surface area contributed by atoms with E-state index in [2.05, 4.69) is 42.7 Å². The Bertz CT molecular complexity index is 610. The number of rotatable bonds is 4. The van der Waals surface area contributed by atoms with Crippen LogP contribution in [0.5, 0.6) is 5.75 Å². The quantitative estimate of drug-likeness (QED) is 0.835. The van der Waals surface area contributed by atoms with Gasteiger partial charge in [0.05, 0.1) is 13.2 Å². The van der Waals surface area contributed by atoms with Crippen molar-refractivity contribution in [3.63, 3.8) is 0 Å². The summed E-state index contributed by atoms with van der Waals surface area (Å²) in [7, 11) is 1.67. The third-order valence-corrected chi connectivity index (χ3v) is 3.47. The van der Waals surface area contributed by atoms with Gasteiger partial charge in [-0.25, -0.2) is 0 Å². The van der Waals surface area contributed by atoms with Gasteiger partial charge in [0.2, 0.25) is 0 Å². The summed E-state index contributed by atoms with van der Waals surface area (Å²) in [6, 6.07) is 16.2. The fourth-order valence-electron chi connectivity index (χ4n) is 1.99. The molecule has 2 N–H and O–H groups in total. The summed E-state index contributed by atoms with van der Waals surface area (Å²) < 4.78 is 5.24. The van der Waals surface area contributed by atoms with Gasteiger partial charge in [-0.15, -0.1) is 0 Å². The number of nitrogens with one attached hydrogen (secondary N) is 2. The molecule has 0 aliphatic heterocycles. The molecule has 2 aromatic carbocycles. The van der Waals surface area contributed by atoms with Gasteiger partial charge in [-0.2, -0.15) is 0 Å². The first kappa shape index (κ1) is 15.3. The minimum absolute atomic E-state index is 0.102. The van der Waals surface area contributed by atoms with Gasteiger partial charge in [0.25, 0.3) is 0 Å². The molecule has 0 radical (unpaired) electrons. The molecule has 3 nitrogen and oxygen atoms in total. The second kappa shape index (κ2) is 7.09. The van der Waals surface area contributed by atoms with Crippen molar-refractivity contribution in [3.8, 4) is 5.75 Å². The molecule has 0 heterocycles. The Kier molecular flexibility index (Phi) is 5.17. The summed E-state index contributed by atoms with van der Waals surface area (Å²) in [5.74, 6) is 0.846. The third kappa shape index (κ3) is 4.46. The van der Waals surface area contributed by atoms with E-state index in [1.54, 1.807) is 7.11 Å². The van der Waals surface area contributed by atoms with Crippen molar-refractivity contribution in [2.24, 2.45) is 0 Å². The zero-order valence-corrected chi connectivity index (χ0v) is 13.3. The maximum atomic E-state index is 5.35. The Hall–Kier alpha value is -2.07. The van der Waals surface area contributed by atoms with Gasteiger partial charge >= 0.3 is 0 Å². The summed E-state index contributed by atoms with van der Waals surface area (Å²) in [6.07, 6.45) is 0. The zero-order chi connectivity index (χ0) is 15.2. The summed E-state index contributed by atoms with van der Waals surface area (Å²) in [6.45, 7) is 4.13. The SMILES string of the molecule is COc1cccc(C(C)NC(=S)Nc2ccc(C)cc2)c1. The van der Waals surface area contributed by atoms with Crippen LogP contribution in [0.25, 0.3) is 0 Å². The Labute approximate surface area is 131 Å². The van der Waals surface area contributed by atoms with Crippen LogP contribution in [0, 0.1) is 6.92 Å². The van der Waals surface area contributed by atoms with E-state index in [1.807, 2.05) is 30.3 Å². The van der Waals surface area contributed by atoms with Crippen LogP contribution in [0.15, 0.2) is 48.5 Å². The van der Waals surface area contributed by atoms with Crippen LogP contribution in [-0.2, 0) is 0 Å². The number of hydrogen-bond acceptors (Lipinski definition) is 2. The van der Waals surface area contributed by atoms with Gasteiger partial charge in [-0.1, -0.05) is 29.8 Å². The molecule has 0 spiro atoms. The molecule has 0 aliphatic carbocycles. The number of aryl methyl sites for hydroxylation is 1. The van der Waals surface area contributed by atoms with Gasteiger partial charge in [-0.3, -0.25) is 0 Å². The first-order valence-corrected chi connectivity index (χ1v) is 7.27. The number of hydrogen-bond donors (Lipinski definition) is 2. The fourth-order valence-corrected chi connectivity index (χ4v) is 2.29. The lowest BCUT2D eigenvalue weighted by atomic mass is 10.1. The monoisotopic (exact) mass is 300 g/mol. The van der Waals surface area contributed by atoms with Crippen molar-refractivity contribution in [1.29, 1.82) is 0 Å². The van der Waals surface area contributed by atoms with E-state index in [0.29, 0.717) is 5.11 Å². The van der Waals surface area contributed by atoms with Crippen LogP contribution in [-0.4, -0.2) is 12.2 Å². The molecule has 0 aromatic heterocycles. The standard InChI is InChI=1S/C17H20N2OS/c1-12-7-9-15(10-8-12)19-17(21)18-13(2)14-5-4-6-16(11-14)20-3/h4-11,13H,1-3H3,(H2,18,19,21). The molecule has 0 aliphatic rings. The topological polar surface area (TPSA) is 33.3 Å². The number of benzene rings is 2. The molecule has 110 valence electrons. The van der Waals surface area contributed by atoms with Crippen molar-refractivity contribution in [2.45, 2.75) is 19.9 Å². The Morgan fingerprint density at radius 2 is 1.86 bits per heavy atom. The normalized spacial score (nSPS) is 11.6. The van der Waals surface area contributed by atoms with E-state index < -0.39 is 0 Å². The lowest BCUT2D eigenvalue weighted by molar-refractivity contribution is 0.413. The highest BCUT2D eigenvalue weighted by atomic mass is 32.1. The predicted octanol–water partition coefficient (Wildman–Crippen LogP) is 4.05. The second-order valence-corrected chi connectivity index (χ2v) is 5.37. The van der Waals surface area contributed by atoms with Gasteiger partial charge in [0.1, 0.15) is 5.75 Å². The molecule has 0 fully saturated rings. The molecule has 4 heteroatoms. The number of methoxy groups -OCH3 is 1. The molecule has 0 amide bonds. The molecular formula is C17H20N2OS. The van der Waals surface area contributed by atoms with E-state index in [4.69, 9.17) is 17.0 Å². The van der Waals surface area contributed by atoms with Crippen molar-refractivity contribution in [3.05, 3.63) is 59.7 Å². The maximum absolute atomic E-state index is 5.35. The third-order valence-electron chi connectivity index (χ3n) is 3.25. The molecule has 1 unspecified atom stereocenters. The summed E-state index contributed by atoms with van der Waals surface area (Å²) in [5.41, 5.74) is 3.34. The lowest BCUT2D eigenvalue weighted by Crippen LogP contribution is -2.30. The van der Waals surface area contributed by atoms with E-state index in [0.717, 1.165) is 17.0 Å². The summed E-state index contributed by atoms with van der Waals surface area (Å²) in [5, 5.41) is 7.07. The molecule has 21 heavy (non-hydrogen) atoms. The maximum Gasteiger partial charge on any atom is 0.171 e. The van der Waals surface area contributed by atoms with Crippen molar-refractivity contribution < 1.29 is 4.74 Å². The molecule has 0 saturated carbocycles. The van der Waals surface area contributed by atoms with E-state index in [1.165, 1.54) is 5.56 Å². The highest BCUT2D eigenvalue weighted by molar-refractivity contribution is 7.80. The van der Waals surface area contributed by atoms with Gasteiger partial charge in [-0.05, 0) is 55.9 Å². The molecular weight excluding hydrogens is 280 g/mol. The Morgan fingerprint density at radius 1 is 1.14 bits per heavy atom. The largest absolute Gasteiger partial charge is 0.497 e. The van der Waals surface area contributed by atoms with Crippen LogP contribution < -0.4 is 15.4 Å². The van der Waals surface area contributed by atoms with E-state index in [9.17, 15) is 0 Å². The van der Waals surface area contributed by atoms with Crippen LogP contribution in [0.2, 0.25) is 0 Å². The minimum Gasteiger partial charge on any atom is -0.497 e. The highest BCUT2D eigenvalue weighted by Crippen LogP contribution is 2.19. The second-order valence-electron chi connectivity index (χ2n) is 4.96. The fraction of sp³-hybridized carbons (Fsp3) is 0.235. The number of ether oxygens (including phenoxy) is 1. The summed E-state index contributed by atoms with van der Waals surface area (Å²) >= 11 is 5.35. The van der Waals surface area contributed by atoms with Crippen LogP contribution in [0.4, 0.5) is 5.69 Å². The summed E-state index contributed by atoms with van der Waals surface area (Å²) in [4.78, 5) is 0. The van der Waals surface area contributed by atoms with Crippen molar-refractivity contribution in [1.82, 2.24) is 5.32 Å². The zero-order valence-electron chi connectivity index (χ0n) is 12.5. The average Bonchev–Trinajstić information content (AvgIpc) is 2.49. The highest BCUT2D eigenvalue weighted by Gasteiger charge is 2.08. The molecule has 2 rings (SSSR count). The molecule has 0 bridgehead atoms. The van der Waals surface area contributed by atoms with Gasteiger partial charge in [0, 0.05) is 5.69 Å². The molecule has 1 atom stereocenters. The van der Waals surface area contributed by atoms with Crippen molar-refractivity contribution >= 4 is 23.0 Å². The first-order valence-electron chi connectivity index (χ1n) is 6.86. The van der Waals surface area contributed by atoms with Crippen LogP contribution >= 0.6 is 12.2 Å². The van der Waals surface area contributed by atoms with Crippen LogP contribution in [0.1, 0.15) is 24.1 Å². The first-order chi connectivity index (χ1) is 10.1.